The number of nitrogens with zero attached hydrogens (tertiary/aromatic N) is 1. The standard InChI is InChI=1S/C36H61F4NO9/c1-16-33(13,29(45)49-26(17-21(2)3)20-35(15,47)36(38,39)40)18-25(19-34(14,37)30(46)50-32(11,12)31(8,9)10)28(44)48-23(6)27(43)41(22(4)5)24(7)42/h21-23,25-26,47H,16-20H2,1-15H3. The number of amides is 2. The van der Waals surface area contributed by atoms with Crippen LogP contribution >= 0.6 is 0 Å². The average Bonchev–Trinajstić information content (AvgIpc) is 2.89. The number of rotatable bonds is 17. The van der Waals surface area contributed by atoms with Gasteiger partial charge in [0.2, 0.25) is 11.6 Å². The van der Waals surface area contributed by atoms with Gasteiger partial charge in [-0.1, -0.05) is 41.5 Å². The predicted molar refractivity (Wildman–Crippen MR) is 179 cm³/mol. The van der Waals surface area contributed by atoms with Crippen molar-refractivity contribution >= 4 is 29.7 Å². The minimum absolute atomic E-state index is 0.0245. The summed E-state index contributed by atoms with van der Waals surface area (Å²) in [7, 11) is 0. The third kappa shape index (κ3) is 13.1. The summed E-state index contributed by atoms with van der Waals surface area (Å²) in [5.41, 5.74) is -9.38. The maximum Gasteiger partial charge on any atom is 0.417 e. The molecule has 10 nitrogen and oxygen atoms in total. The molecule has 0 saturated heterocycles. The topological polar surface area (TPSA) is 137 Å². The zero-order valence-corrected chi connectivity index (χ0v) is 32.6. The van der Waals surface area contributed by atoms with E-state index < -0.39 is 107 Å². The number of alkyl halides is 4. The van der Waals surface area contributed by atoms with E-state index in [1.165, 1.54) is 13.8 Å². The summed E-state index contributed by atoms with van der Waals surface area (Å²) in [5, 5.41) is 10.2. The summed E-state index contributed by atoms with van der Waals surface area (Å²) in [6, 6.07) is -0.581. The van der Waals surface area contributed by atoms with E-state index in [9.17, 15) is 42.3 Å². The van der Waals surface area contributed by atoms with E-state index in [1.54, 1.807) is 69.2 Å². The van der Waals surface area contributed by atoms with Crippen molar-refractivity contribution in [3.8, 4) is 0 Å². The maximum atomic E-state index is 16.3. The van der Waals surface area contributed by atoms with Gasteiger partial charge in [-0.2, -0.15) is 13.2 Å². The number of carbonyl (C=O) groups is 5. The van der Waals surface area contributed by atoms with Crippen LogP contribution in [0.1, 0.15) is 136 Å². The van der Waals surface area contributed by atoms with Crippen molar-refractivity contribution in [1.29, 1.82) is 0 Å². The first-order chi connectivity index (χ1) is 22.2. The Morgan fingerprint density at radius 2 is 1.26 bits per heavy atom. The fourth-order valence-electron chi connectivity index (χ4n) is 5.03. The second-order valence-corrected chi connectivity index (χ2v) is 16.4. The van der Waals surface area contributed by atoms with Gasteiger partial charge in [0.05, 0.1) is 11.3 Å². The molecule has 0 aliphatic heterocycles. The molecule has 0 aliphatic carbocycles. The molecule has 6 atom stereocenters. The molecule has 292 valence electrons. The SMILES string of the molecule is CCC(C)(CC(CC(C)(F)C(=O)OC(C)(C)C(C)(C)C)C(=O)OC(C)C(=O)N(C(C)=O)C(C)C)C(=O)OC(CC(C)C)CC(C)(O)C(F)(F)F. The summed E-state index contributed by atoms with van der Waals surface area (Å²) in [5.74, 6) is -6.71. The number of halogens is 4. The van der Waals surface area contributed by atoms with Crippen LogP contribution in [0, 0.1) is 22.7 Å². The van der Waals surface area contributed by atoms with Crippen LogP contribution in [0.3, 0.4) is 0 Å². The van der Waals surface area contributed by atoms with Crippen molar-refractivity contribution in [2.24, 2.45) is 22.7 Å². The first-order valence-electron chi connectivity index (χ1n) is 17.1. The molecular weight excluding hydrogens is 666 g/mol. The van der Waals surface area contributed by atoms with Gasteiger partial charge in [-0.15, -0.1) is 0 Å². The molecule has 0 spiro atoms. The molecule has 0 fully saturated rings. The van der Waals surface area contributed by atoms with Crippen molar-refractivity contribution < 1.29 is 60.9 Å². The number of aliphatic hydroxyl groups is 1. The van der Waals surface area contributed by atoms with Gasteiger partial charge in [0, 0.05) is 31.2 Å². The number of hydrogen-bond donors (Lipinski definition) is 1. The van der Waals surface area contributed by atoms with E-state index in [1.807, 2.05) is 0 Å². The minimum Gasteiger partial charge on any atom is -0.462 e. The van der Waals surface area contributed by atoms with E-state index in [0.717, 1.165) is 18.7 Å². The molecule has 1 N–H and O–H groups in total. The number of hydrogen-bond acceptors (Lipinski definition) is 9. The lowest BCUT2D eigenvalue weighted by Crippen LogP contribution is -2.49. The van der Waals surface area contributed by atoms with Crippen molar-refractivity contribution in [3.05, 3.63) is 0 Å². The zero-order valence-electron chi connectivity index (χ0n) is 32.6. The summed E-state index contributed by atoms with van der Waals surface area (Å²) in [6.45, 7) is 21.9. The summed E-state index contributed by atoms with van der Waals surface area (Å²) in [4.78, 5) is 66.8. The van der Waals surface area contributed by atoms with Gasteiger partial charge in [0.25, 0.3) is 5.91 Å². The van der Waals surface area contributed by atoms with E-state index in [-0.39, 0.29) is 18.8 Å². The molecule has 50 heavy (non-hydrogen) atoms. The Kier molecular flexibility index (Phi) is 16.2. The lowest BCUT2D eigenvalue weighted by atomic mass is 9.75. The molecule has 0 aromatic carbocycles. The highest BCUT2D eigenvalue weighted by atomic mass is 19.4. The monoisotopic (exact) mass is 727 g/mol. The smallest absolute Gasteiger partial charge is 0.417 e. The van der Waals surface area contributed by atoms with Gasteiger partial charge < -0.3 is 19.3 Å². The van der Waals surface area contributed by atoms with Crippen molar-refractivity contribution in [2.75, 3.05) is 0 Å². The number of imide groups is 1. The van der Waals surface area contributed by atoms with Crippen LogP contribution in [0.15, 0.2) is 0 Å². The Bertz CT molecular complexity index is 1200. The molecule has 0 rings (SSSR count). The Labute approximate surface area is 295 Å². The maximum absolute atomic E-state index is 16.3. The van der Waals surface area contributed by atoms with Crippen LogP contribution < -0.4 is 0 Å². The second-order valence-electron chi connectivity index (χ2n) is 16.4. The molecule has 6 unspecified atom stereocenters. The largest absolute Gasteiger partial charge is 0.462 e. The van der Waals surface area contributed by atoms with Crippen molar-refractivity contribution in [3.63, 3.8) is 0 Å². The van der Waals surface area contributed by atoms with E-state index >= 15 is 4.39 Å². The third-order valence-corrected chi connectivity index (χ3v) is 9.49. The fourth-order valence-corrected chi connectivity index (χ4v) is 5.03. The molecule has 0 aromatic heterocycles. The van der Waals surface area contributed by atoms with Crippen LogP contribution in [0.5, 0.6) is 0 Å². The quantitative estimate of drug-likeness (QED) is 0.0932. The van der Waals surface area contributed by atoms with Crippen molar-refractivity contribution in [1.82, 2.24) is 4.90 Å². The van der Waals surface area contributed by atoms with Crippen LogP contribution in [-0.4, -0.2) is 81.0 Å². The third-order valence-electron chi connectivity index (χ3n) is 9.49. The number of carbonyl (C=O) groups excluding carboxylic acids is 5. The second kappa shape index (κ2) is 17.2. The normalized spacial score (nSPS) is 18.2. The molecule has 0 bridgehead atoms. The highest BCUT2D eigenvalue weighted by molar-refractivity contribution is 5.97. The average molecular weight is 728 g/mol. The van der Waals surface area contributed by atoms with Gasteiger partial charge in [0.15, 0.2) is 11.7 Å². The van der Waals surface area contributed by atoms with E-state index in [2.05, 4.69) is 0 Å². The molecule has 2 amide bonds. The van der Waals surface area contributed by atoms with Crippen molar-refractivity contribution in [2.45, 2.75) is 177 Å². The molecule has 0 aliphatic rings. The summed E-state index contributed by atoms with van der Waals surface area (Å²) < 4.78 is 73.6. The lowest BCUT2D eigenvalue weighted by molar-refractivity contribution is -0.262. The molecule has 0 saturated carbocycles. The van der Waals surface area contributed by atoms with Gasteiger partial charge in [0.1, 0.15) is 11.7 Å². The summed E-state index contributed by atoms with van der Waals surface area (Å²) >= 11 is 0. The Balaban J connectivity index is 6.76. The Hall–Kier alpha value is -2.77. The Morgan fingerprint density at radius 1 is 0.760 bits per heavy atom. The van der Waals surface area contributed by atoms with Crippen LogP contribution in [0.25, 0.3) is 0 Å². The molecule has 0 radical (unpaired) electrons. The first-order valence-corrected chi connectivity index (χ1v) is 17.1. The zero-order chi connectivity index (χ0) is 40.0. The van der Waals surface area contributed by atoms with Gasteiger partial charge in [-0.05, 0) is 80.6 Å². The fraction of sp³-hybridized carbons (Fsp3) is 0.861. The minimum atomic E-state index is -5.01. The molecular formula is C36H61F4NO9. The molecule has 0 heterocycles. The number of esters is 3. The Morgan fingerprint density at radius 3 is 1.64 bits per heavy atom. The highest BCUT2D eigenvalue weighted by Crippen LogP contribution is 2.41. The van der Waals surface area contributed by atoms with E-state index in [4.69, 9.17) is 14.2 Å². The van der Waals surface area contributed by atoms with Crippen LogP contribution in [-0.2, 0) is 38.2 Å². The molecule has 0 aromatic rings. The molecule has 14 heteroatoms. The number of ether oxygens (including phenoxy) is 3. The van der Waals surface area contributed by atoms with Gasteiger partial charge in [-0.3, -0.25) is 24.1 Å². The van der Waals surface area contributed by atoms with Crippen LogP contribution in [0.2, 0.25) is 0 Å². The highest BCUT2D eigenvalue weighted by Gasteiger charge is 2.52. The summed E-state index contributed by atoms with van der Waals surface area (Å²) in [6.07, 6.45) is -10.3. The lowest BCUT2D eigenvalue weighted by Gasteiger charge is -2.40. The van der Waals surface area contributed by atoms with E-state index in [0.29, 0.717) is 6.92 Å². The van der Waals surface area contributed by atoms with Gasteiger partial charge in [-0.25, -0.2) is 9.18 Å². The first kappa shape index (κ1) is 47.2. The van der Waals surface area contributed by atoms with Crippen LogP contribution in [0.4, 0.5) is 17.6 Å². The predicted octanol–water partition coefficient (Wildman–Crippen LogP) is 7.27. The van der Waals surface area contributed by atoms with Gasteiger partial charge >= 0.3 is 24.1 Å².